The van der Waals surface area contributed by atoms with E-state index in [4.69, 9.17) is 0 Å². The van der Waals surface area contributed by atoms with Crippen molar-refractivity contribution < 1.29 is 8.42 Å². The molecule has 8 nitrogen and oxygen atoms in total. The van der Waals surface area contributed by atoms with E-state index in [0.717, 1.165) is 48.6 Å². The molecule has 204 valence electrons. The summed E-state index contributed by atoms with van der Waals surface area (Å²) < 4.78 is 30.3. The lowest BCUT2D eigenvalue weighted by Gasteiger charge is -2.27. The maximum Gasteiger partial charge on any atom is 0.262 e. The summed E-state index contributed by atoms with van der Waals surface area (Å²) in [7, 11) is -3.80. The Hall–Kier alpha value is -3.17. The van der Waals surface area contributed by atoms with Crippen molar-refractivity contribution in [2.45, 2.75) is 64.2 Å². The van der Waals surface area contributed by atoms with Crippen LogP contribution in [0.25, 0.3) is 0 Å². The molecule has 0 amide bonds. The molecule has 0 aliphatic carbocycles. The smallest absolute Gasteiger partial charge is 0.262 e. The molecule has 0 atom stereocenters. The van der Waals surface area contributed by atoms with Crippen LogP contribution in [-0.4, -0.2) is 44.6 Å². The predicted octanol–water partition coefficient (Wildman–Crippen LogP) is 5.80. The molecule has 1 aliphatic rings. The number of piperazine rings is 1. The van der Waals surface area contributed by atoms with Crippen LogP contribution in [0.1, 0.15) is 76.0 Å². The van der Waals surface area contributed by atoms with Crippen molar-refractivity contribution in [2.24, 2.45) is 0 Å². The van der Waals surface area contributed by atoms with Crippen LogP contribution < -0.4 is 20.3 Å². The highest BCUT2D eigenvalue weighted by Crippen LogP contribution is 2.36. The lowest BCUT2D eigenvalue weighted by atomic mass is 9.89. The van der Waals surface area contributed by atoms with Gasteiger partial charge in [0.1, 0.15) is 5.82 Å². The number of anilines is 4. The van der Waals surface area contributed by atoms with Crippen LogP contribution in [0.3, 0.4) is 0 Å². The molecule has 9 heteroatoms. The average molecular weight is 537 g/mol. The normalized spacial score (nSPS) is 14.4. The Balaban J connectivity index is 1.56. The Morgan fingerprint density at radius 1 is 0.842 bits per heavy atom. The monoisotopic (exact) mass is 536 g/mol. The van der Waals surface area contributed by atoms with E-state index in [2.05, 4.69) is 56.2 Å². The molecule has 3 aromatic rings. The first-order valence-corrected chi connectivity index (χ1v) is 14.9. The SMILES string of the molecule is CC(C)c1cc(C(C)C)c(S(=O)(=O)Nc2ccc(Nc3ccnc(N4CCNCC4)n3)cc2)c(C(C)C)c1. The van der Waals surface area contributed by atoms with E-state index in [1.54, 1.807) is 18.3 Å². The lowest BCUT2D eigenvalue weighted by Crippen LogP contribution is -2.44. The molecule has 0 spiro atoms. The summed E-state index contributed by atoms with van der Waals surface area (Å²) in [5.74, 6) is 1.85. The number of sulfonamides is 1. The van der Waals surface area contributed by atoms with Gasteiger partial charge < -0.3 is 15.5 Å². The van der Waals surface area contributed by atoms with E-state index in [0.29, 0.717) is 28.3 Å². The Labute approximate surface area is 227 Å². The standard InChI is InChI=1S/C29H40N6O2S/c1-19(2)22-17-25(20(3)4)28(26(18-22)21(5)6)38(36,37)34-24-9-7-23(8-10-24)32-27-11-12-31-29(33-27)35-15-13-30-14-16-35/h7-12,17-21,30,34H,13-16H2,1-6H3,(H,31,32,33). The van der Waals surface area contributed by atoms with Crippen LogP contribution in [0.5, 0.6) is 0 Å². The van der Waals surface area contributed by atoms with E-state index in [9.17, 15) is 8.42 Å². The fourth-order valence-corrected chi connectivity index (χ4v) is 6.37. The fourth-order valence-electron chi connectivity index (χ4n) is 4.61. The number of aromatic nitrogens is 2. The third-order valence-corrected chi connectivity index (χ3v) is 8.31. The number of hydrogen-bond donors (Lipinski definition) is 3. The van der Waals surface area contributed by atoms with Gasteiger partial charge in [-0.3, -0.25) is 4.72 Å². The van der Waals surface area contributed by atoms with Crippen molar-refractivity contribution in [2.75, 3.05) is 41.1 Å². The predicted molar refractivity (Wildman–Crippen MR) is 156 cm³/mol. The quantitative estimate of drug-likeness (QED) is 0.318. The van der Waals surface area contributed by atoms with Gasteiger partial charge in [0.25, 0.3) is 10.0 Å². The molecule has 3 N–H and O–H groups in total. The molecule has 0 saturated carbocycles. The van der Waals surface area contributed by atoms with Crippen molar-refractivity contribution in [3.8, 4) is 0 Å². The minimum atomic E-state index is -3.80. The van der Waals surface area contributed by atoms with Gasteiger partial charge in [-0.1, -0.05) is 53.7 Å². The minimum Gasteiger partial charge on any atom is -0.340 e. The molecule has 1 saturated heterocycles. The Bertz CT molecular complexity index is 1320. The van der Waals surface area contributed by atoms with Crippen molar-refractivity contribution in [1.82, 2.24) is 15.3 Å². The van der Waals surface area contributed by atoms with Gasteiger partial charge in [0.15, 0.2) is 0 Å². The zero-order valence-corrected chi connectivity index (χ0v) is 24.1. The minimum absolute atomic E-state index is 0.0725. The molecule has 38 heavy (non-hydrogen) atoms. The topological polar surface area (TPSA) is 99.2 Å². The van der Waals surface area contributed by atoms with Gasteiger partial charge in [-0.15, -0.1) is 0 Å². The molecule has 0 unspecified atom stereocenters. The van der Waals surface area contributed by atoms with Crippen molar-refractivity contribution in [3.05, 3.63) is 65.4 Å². The van der Waals surface area contributed by atoms with E-state index in [1.165, 1.54) is 0 Å². The van der Waals surface area contributed by atoms with E-state index in [-0.39, 0.29) is 11.8 Å². The summed E-state index contributed by atoms with van der Waals surface area (Å²) in [6.07, 6.45) is 1.75. The number of hydrogen-bond acceptors (Lipinski definition) is 7. The second kappa shape index (κ2) is 11.7. The number of nitrogens with one attached hydrogen (secondary N) is 3. The highest BCUT2D eigenvalue weighted by Gasteiger charge is 2.27. The van der Waals surface area contributed by atoms with Gasteiger partial charge in [0.05, 0.1) is 4.90 Å². The van der Waals surface area contributed by atoms with E-state index in [1.807, 2.05) is 45.9 Å². The molecule has 4 rings (SSSR count). The second-order valence-electron chi connectivity index (χ2n) is 10.8. The molecule has 0 bridgehead atoms. The zero-order valence-electron chi connectivity index (χ0n) is 23.2. The van der Waals surface area contributed by atoms with Gasteiger partial charge in [0.2, 0.25) is 5.95 Å². The third-order valence-electron chi connectivity index (χ3n) is 6.80. The van der Waals surface area contributed by atoms with Crippen molar-refractivity contribution >= 4 is 33.2 Å². The second-order valence-corrected chi connectivity index (χ2v) is 12.4. The van der Waals surface area contributed by atoms with Crippen LogP contribution in [0.2, 0.25) is 0 Å². The zero-order chi connectivity index (χ0) is 27.4. The highest BCUT2D eigenvalue weighted by molar-refractivity contribution is 7.92. The fraction of sp³-hybridized carbons (Fsp3) is 0.448. The summed E-state index contributed by atoms with van der Waals surface area (Å²) in [5.41, 5.74) is 4.20. The maximum absolute atomic E-state index is 13.7. The molecule has 0 radical (unpaired) electrons. The Kier molecular flexibility index (Phi) is 8.57. The molecule has 2 aromatic carbocycles. The summed E-state index contributed by atoms with van der Waals surface area (Å²) >= 11 is 0. The van der Waals surface area contributed by atoms with Gasteiger partial charge in [-0.05, 0) is 64.8 Å². The van der Waals surface area contributed by atoms with E-state index >= 15 is 0 Å². The van der Waals surface area contributed by atoms with Crippen molar-refractivity contribution in [3.63, 3.8) is 0 Å². The third kappa shape index (κ3) is 6.45. The first kappa shape index (κ1) is 27.9. The van der Waals surface area contributed by atoms with Gasteiger partial charge in [0, 0.05) is 43.8 Å². The van der Waals surface area contributed by atoms with Crippen LogP contribution in [0.4, 0.5) is 23.1 Å². The van der Waals surface area contributed by atoms with Gasteiger partial charge >= 0.3 is 0 Å². The molecule has 1 fully saturated rings. The number of rotatable bonds is 9. The van der Waals surface area contributed by atoms with Crippen LogP contribution >= 0.6 is 0 Å². The molecule has 2 heterocycles. The number of nitrogens with zero attached hydrogens (tertiary/aromatic N) is 3. The number of benzene rings is 2. The van der Waals surface area contributed by atoms with E-state index < -0.39 is 10.0 Å². The summed E-state index contributed by atoms with van der Waals surface area (Å²) in [6, 6.07) is 13.2. The first-order chi connectivity index (χ1) is 18.0. The van der Waals surface area contributed by atoms with Crippen LogP contribution in [-0.2, 0) is 10.0 Å². The summed E-state index contributed by atoms with van der Waals surface area (Å²) in [6.45, 7) is 16.0. The van der Waals surface area contributed by atoms with Crippen LogP contribution in [0.15, 0.2) is 53.6 Å². The highest BCUT2D eigenvalue weighted by atomic mass is 32.2. The Morgan fingerprint density at radius 3 is 1.97 bits per heavy atom. The van der Waals surface area contributed by atoms with Gasteiger partial charge in [-0.25, -0.2) is 13.4 Å². The lowest BCUT2D eigenvalue weighted by molar-refractivity contribution is 0.580. The summed E-state index contributed by atoms with van der Waals surface area (Å²) in [4.78, 5) is 11.6. The average Bonchev–Trinajstić information content (AvgIpc) is 2.89. The Morgan fingerprint density at radius 2 is 1.42 bits per heavy atom. The molecule has 1 aliphatic heterocycles. The summed E-state index contributed by atoms with van der Waals surface area (Å²) in [5, 5.41) is 6.63. The van der Waals surface area contributed by atoms with Crippen LogP contribution in [0, 0.1) is 0 Å². The molecule has 1 aromatic heterocycles. The molecular weight excluding hydrogens is 496 g/mol. The van der Waals surface area contributed by atoms with Gasteiger partial charge in [-0.2, -0.15) is 4.98 Å². The molecular formula is C29H40N6O2S. The first-order valence-electron chi connectivity index (χ1n) is 13.4. The maximum atomic E-state index is 13.7. The largest absolute Gasteiger partial charge is 0.340 e. The van der Waals surface area contributed by atoms with Crippen molar-refractivity contribution in [1.29, 1.82) is 0 Å².